The molecule has 38 heavy (non-hydrogen) atoms. The summed E-state index contributed by atoms with van der Waals surface area (Å²) in [7, 11) is 0. The molecule has 6 nitrogen and oxygen atoms in total. The first-order chi connectivity index (χ1) is 18.1. The Hall–Kier alpha value is -3.91. The second kappa shape index (κ2) is 11.6. The third-order valence-corrected chi connectivity index (χ3v) is 6.43. The number of nitrogens with one attached hydrogen (secondary N) is 1. The van der Waals surface area contributed by atoms with Gasteiger partial charge in [-0.1, -0.05) is 54.6 Å². The predicted octanol–water partition coefficient (Wildman–Crippen LogP) is 5.17. The molecule has 0 heterocycles. The maximum Gasteiger partial charge on any atom is 0.313 e. The van der Waals surface area contributed by atoms with Crippen molar-refractivity contribution in [3.8, 4) is 11.1 Å². The highest BCUT2D eigenvalue weighted by Gasteiger charge is 2.23. The SMILES string of the molecule is CC(C)(C)C(=O)OC/N=C/N=C(N)c1ccc(-c2cccc(CNC3Cc4ccccc4C3)c2F)c(F)c1. The Morgan fingerprint density at radius 2 is 1.76 bits per heavy atom. The van der Waals surface area contributed by atoms with Gasteiger partial charge in [-0.15, -0.1) is 0 Å². The third kappa shape index (κ3) is 6.50. The number of benzene rings is 3. The molecular formula is C30H32F2N4O2. The van der Waals surface area contributed by atoms with E-state index in [1.54, 1.807) is 45.0 Å². The van der Waals surface area contributed by atoms with Gasteiger partial charge in [-0.3, -0.25) is 4.79 Å². The van der Waals surface area contributed by atoms with Crippen molar-refractivity contribution in [2.24, 2.45) is 21.1 Å². The number of hydrogen-bond acceptors (Lipinski definition) is 4. The molecule has 3 N–H and O–H groups in total. The van der Waals surface area contributed by atoms with Crippen LogP contribution in [0.5, 0.6) is 0 Å². The lowest BCUT2D eigenvalue weighted by Crippen LogP contribution is -2.29. The van der Waals surface area contributed by atoms with Gasteiger partial charge in [-0.25, -0.2) is 18.8 Å². The maximum atomic E-state index is 15.4. The summed E-state index contributed by atoms with van der Waals surface area (Å²) in [5.41, 5.74) is 9.08. The Morgan fingerprint density at radius 1 is 1.05 bits per heavy atom. The topological polar surface area (TPSA) is 89.1 Å². The number of nitrogens with zero attached hydrogens (tertiary/aromatic N) is 2. The molecule has 0 fully saturated rings. The fourth-order valence-corrected chi connectivity index (χ4v) is 4.30. The smallest absolute Gasteiger partial charge is 0.313 e. The molecule has 0 aromatic heterocycles. The molecule has 0 saturated carbocycles. The summed E-state index contributed by atoms with van der Waals surface area (Å²) >= 11 is 0. The fourth-order valence-electron chi connectivity index (χ4n) is 4.30. The number of halogens is 2. The molecule has 0 atom stereocenters. The van der Waals surface area contributed by atoms with Gasteiger partial charge in [-0.05, 0) is 50.8 Å². The normalized spacial score (nSPS) is 14.2. The van der Waals surface area contributed by atoms with E-state index in [0.29, 0.717) is 17.7 Å². The monoisotopic (exact) mass is 518 g/mol. The summed E-state index contributed by atoms with van der Waals surface area (Å²) in [6.07, 6.45) is 2.96. The quantitative estimate of drug-likeness (QED) is 0.245. The van der Waals surface area contributed by atoms with E-state index in [4.69, 9.17) is 10.5 Å². The summed E-state index contributed by atoms with van der Waals surface area (Å²) in [4.78, 5) is 19.6. The molecule has 0 aliphatic heterocycles. The zero-order chi connectivity index (χ0) is 27.3. The van der Waals surface area contributed by atoms with E-state index in [2.05, 4.69) is 27.4 Å². The minimum absolute atomic E-state index is 0.0253. The number of aliphatic imine (C=N–C) groups is 2. The van der Waals surface area contributed by atoms with Crippen LogP contribution < -0.4 is 11.1 Å². The summed E-state index contributed by atoms with van der Waals surface area (Å²) in [5.74, 6) is -1.44. The van der Waals surface area contributed by atoms with Crippen molar-refractivity contribution in [1.29, 1.82) is 0 Å². The number of nitrogens with two attached hydrogens (primary N) is 1. The molecule has 8 heteroatoms. The standard InChI is InChI=1S/C30H32F2N4O2/c1-30(2,3)29(37)38-18-34-17-36-28(33)21-11-12-24(26(31)15-21)25-10-6-9-22(27(25)32)16-35-23-13-19-7-4-5-8-20(19)14-23/h4-12,15,17,23,35H,13-14,16,18H2,1-3H3,(H2,33,34,36). The number of esters is 1. The molecule has 0 radical (unpaired) electrons. The maximum absolute atomic E-state index is 15.4. The molecule has 0 spiro atoms. The molecule has 0 amide bonds. The van der Waals surface area contributed by atoms with Crippen LogP contribution in [0.15, 0.2) is 70.6 Å². The van der Waals surface area contributed by atoms with E-state index < -0.39 is 17.0 Å². The van der Waals surface area contributed by atoms with Crippen molar-refractivity contribution >= 4 is 18.1 Å². The molecule has 1 aliphatic carbocycles. The second-order valence-electron chi connectivity index (χ2n) is 10.4. The summed E-state index contributed by atoms with van der Waals surface area (Å²) in [6.45, 7) is 5.37. The van der Waals surface area contributed by atoms with Crippen molar-refractivity contribution in [1.82, 2.24) is 5.32 Å². The fraction of sp³-hybridized carbons (Fsp3) is 0.300. The Morgan fingerprint density at radius 3 is 2.42 bits per heavy atom. The van der Waals surface area contributed by atoms with E-state index in [9.17, 15) is 4.79 Å². The molecule has 198 valence electrons. The van der Waals surface area contributed by atoms with Crippen molar-refractivity contribution in [3.63, 3.8) is 0 Å². The zero-order valence-electron chi connectivity index (χ0n) is 21.8. The van der Waals surface area contributed by atoms with Crippen LogP contribution in [0.25, 0.3) is 11.1 Å². The van der Waals surface area contributed by atoms with Gasteiger partial charge in [0.2, 0.25) is 0 Å². The lowest BCUT2D eigenvalue weighted by atomic mass is 9.98. The van der Waals surface area contributed by atoms with E-state index in [-0.39, 0.29) is 35.7 Å². The van der Waals surface area contributed by atoms with Crippen LogP contribution in [0.4, 0.5) is 8.78 Å². The van der Waals surface area contributed by atoms with Crippen LogP contribution >= 0.6 is 0 Å². The number of ether oxygens (including phenoxy) is 1. The van der Waals surface area contributed by atoms with E-state index in [1.807, 2.05) is 12.1 Å². The molecular weight excluding hydrogens is 486 g/mol. The van der Waals surface area contributed by atoms with E-state index in [1.165, 1.54) is 23.3 Å². The number of carbonyl (C=O) groups excluding carboxylic acids is 1. The van der Waals surface area contributed by atoms with Gasteiger partial charge in [0, 0.05) is 34.8 Å². The highest BCUT2D eigenvalue weighted by Crippen LogP contribution is 2.29. The summed E-state index contributed by atoms with van der Waals surface area (Å²) in [6, 6.07) is 17.8. The van der Waals surface area contributed by atoms with Crippen LogP contribution in [0.3, 0.4) is 0 Å². The average Bonchev–Trinajstić information content (AvgIpc) is 3.30. The Labute approximate surface area is 221 Å². The molecule has 1 aliphatic rings. The summed E-state index contributed by atoms with van der Waals surface area (Å²) < 4.78 is 35.5. The third-order valence-electron chi connectivity index (χ3n) is 6.43. The molecule has 0 unspecified atom stereocenters. The van der Waals surface area contributed by atoms with Crippen LogP contribution in [-0.2, 0) is 28.9 Å². The lowest BCUT2D eigenvalue weighted by molar-refractivity contribution is -0.152. The Kier molecular flexibility index (Phi) is 8.32. The zero-order valence-corrected chi connectivity index (χ0v) is 21.8. The first-order valence-corrected chi connectivity index (χ1v) is 12.5. The highest BCUT2D eigenvalue weighted by atomic mass is 19.1. The molecule has 0 bridgehead atoms. The Bertz CT molecular complexity index is 1350. The van der Waals surface area contributed by atoms with Gasteiger partial charge >= 0.3 is 5.97 Å². The van der Waals surface area contributed by atoms with Crippen molar-refractivity contribution in [2.75, 3.05) is 6.73 Å². The van der Waals surface area contributed by atoms with Crippen molar-refractivity contribution < 1.29 is 18.3 Å². The minimum atomic E-state index is -0.630. The summed E-state index contributed by atoms with van der Waals surface area (Å²) in [5, 5.41) is 3.44. The van der Waals surface area contributed by atoms with Crippen molar-refractivity contribution in [3.05, 3.63) is 94.6 Å². The number of amidine groups is 1. The number of hydrogen-bond donors (Lipinski definition) is 2. The van der Waals surface area contributed by atoms with E-state index >= 15 is 8.78 Å². The van der Waals surface area contributed by atoms with Crippen LogP contribution in [-0.4, -0.2) is 30.9 Å². The Balaban J connectivity index is 1.40. The van der Waals surface area contributed by atoms with Gasteiger partial charge in [-0.2, -0.15) is 0 Å². The first-order valence-electron chi connectivity index (χ1n) is 12.5. The van der Waals surface area contributed by atoms with Gasteiger partial charge in [0.05, 0.1) is 5.41 Å². The van der Waals surface area contributed by atoms with Crippen LogP contribution in [0, 0.1) is 17.0 Å². The van der Waals surface area contributed by atoms with Gasteiger partial charge in [0.25, 0.3) is 0 Å². The first kappa shape index (κ1) is 27.1. The lowest BCUT2D eigenvalue weighted by Gasteiger charge is -2.15. The second-order valence-corrected chi connectivity index (χ2v) is 10.4. The highest BCUT2D eigenvalue weighted by molar-refractivity contribution is 6.01. The molecule has 3 aromatic rings. The van der Waals surface area contributed by atoms with E-state index in [0.717, 1.165) is 19.2 Å². The van der Waals surface area contributed by atoms with Gasteiger partial charge in [0.15, 0.2) is 6.73 Å². The predicted molar refractivity (Wildman–Crippen MR) is 146 cm³/mol. The van der Waals surface area contributed by atoms with Crippen LogP contribution in [0.1, 0.15) is 43.0 Å². The molecule has 4 rings (SSSR count). The average molecular weight is 519 g/mol. The molecule has 0 saturated heterocycles. The molecule has 3 aromatic carbocycles. The minimum Gasteiger partial charge on any atom is -0.442 e. The van der Waals surface area contributed by atoms with Gasteiger partial charge in [0.1, 0.15) is 23.8 Å². The van der Waals surface area contributed by atoms with Crippen molar-refractivity contribution in [2.45, 2.75) is 46.2 Å². The number of carbonyl (C=O) groups is 1. The van der Waals surface area contributed by atoms with Gasteiger partial charge < -0.3 is 15.8 Å². The number of fused-ring (bicyclic) bond motifs is 1. The largest absolute Gasteiger partial charge is 0.442 e. The number of rotatable bonds is 8. The van der Waals surface area contributed by atoms with Crippen LogP contribution in [0.2, 0.25) is 0 Å².